The molecule has 61 heavy (non-hydrogen) atoms. The Kier molecular flexibility index (Phi) is 45.3. The lowest BCUT2D eigenvalue weighted by Crippen LogP contribution is -2.29. The Morgan fingerprint density at radius 1 is 0.492 bits per heavy atom. The molecule has 0 aromatic rings. The Morgan fingerprint density at radius 2 is 0.852 bits per heavy atom. The first-order valence-corrected chi connectivity index (χ1v) is 26.8. The molecule has 0 fully saturated rings. The fourth-order valence-electron chi connectivity index (χ4n) is 7.20. The minimum Gasteiger partial charge on any atom is -0.462 e. The molecule has 0 heterocycles. The summed E-state index contributed by atoms with van der Waals surface area (Å²) in [4.78, 5) is 35.1. The molecule has 0 saturated carbocycles. The average molecular weight is 887 g/mol. The number of phosphoric acid groups is 1. The standard InChI is InChI=1S/C50H95O10P/c1-3-5-7-9-11-13-15-17-19-20-21-22-23-24-25-26-28-30-32-34-36-38-40-42-50(54)60-48(46-59-61(55,56)58-44-47(52)43-51)45-57-49(53)41-39-37-35-33-31-29-27-18-16-14-12-10-8-6-4-2/h12,14,18,27,47-48,51-52H,3-11,13,15-17,19-26,28-46H2,1-2H3,(H,55,56)/b14-12+,27-18+/t47-,48+/m0/s1. The van der Waals surface area contributed by atoms with Crippen LogP contribution in [0.3, 0.4) is 0 Å². The normalized spacial score (nSPS) is 13.9. The van der Waals surface area contributed by atoms with Crippen molar-refractivity contribution < 1.29 is 47.8 Å². The van der Waals surface area contributed by atoms with Gasteiger partial charge in [-0.25, -0.2) is 4.57 Å². The highest BCUT2D eigenvalue weighted by Crippen LogP contribution is 2.43. The van der Waals surface area contributed by atoms with E-state index in [4.69, 9.17) is 23.6 Å². The average Bonchev–Trinajstić information content (AvgIpc) is 3.25. The molecule has 3 atom stereocenters. The van der Waals surface area contributed by atoms with Crippen molar-refractivity contribution in [2.24, 2.45) is 0 Å². The van der Waals surface area contributed by atoms with Gasteiger partial charge >= 0.3 is 19.8 Å². The monoisotopic (exact) mass is 887 g/mol. The van der Waals surface area contributed by atoms with Crippen molar-refractivity contribution in [3.05, 3.63) is 24.3 Å². The number of phosphoric ester groups is 1. The summed E-state index contributed by atoms with van der Waals surface area (Å²) in [6.07, 6.45) is 48.6. The van der Waals surface area contributed by atoms with E-state index in [-0.39, 0.29) is 19.4 Å². The summed E-state index contributed by atoms with van der Waals surface area (Å²) in [6.45, 7) is 2.38. The SMILES string of the molecule is CCCCC/C=C/C/C=C/CCCCCCCC(=O)OC[C@H](COP(=O)(O)OC[C@@H](O)CO)OC(=O)CCCCCCCCCCCCCCCCCCCCCCCCC. The fraction of sp³-hybridized carbons (Fsp3) is 0.880. The lowest BCUT2D eigenvalue weighted by molar-refractivity contribution is -0.161. The van der Waals surface area contributed by atoms with E-state index in [0.29, 0.717) is 12.8 Å². The number of esters is 2. The number of carbonyl (C=O) groups excluding carboxylic acids is 2. The fourth-order valence-corrected chi connectivity index (χ4v) is 7.99. The van der Waals surface area contributed by atoms with Crippen molar-refractivity contribution in [2.45, 2.75) is 257 Å². The number of aliphatic hydroxyl groups is 2. The Balaban J connectivity index is 4.14. The van der Waals surface area contributed by atoms with Crippen LogP contribution in [0.1, 0.15) is 245 Å². The van der Waals surface area contributed by atoms with Gasteiger partial charge in [-0.05, 0) is 44.9 Å². The van der Waals surface area contributed by atoms with Crippen molar-refractivity contribution in [3.63, 3.8) is 0 Å². The van der Waals surface area contributed by atoms with E-state index in [2.05, 4.69) is 38.2 Å². The number of carbonyl (C=O) groups is 2. The van der Waals surface area contributed by atoms with Crippen LogP contribution in [0, 0.1) is 0 Å². The number of hydrogen-bond donors (Lipinski definition) is 3. The molecule has 0 amide bonds. The molecule has 0 saturated heterocycles. The van der Waals surface area contributed by atoms with E-state index in [1.165, 1.54) is 148 Å². The third kappa shape index (κ3) is 46.3. The van der Waals surface area contributed by atoms with Crippen molar-refractivity contribution in [2.75, 3.05) is 26.4 Å². The zero-order valence-electron chi connectivity index (χ0n) is 39.4. The van der Waals surface area contributed by atoms with Crippen molar-refractivity contribution >= 4 is 19.8 Å². The van der Waals surface area contributed by atoms with Crippen LogP contribution in [0.15, 0.2) is 24.3 Å². The molecule has 0 spiro atoms. The first-order valence-electron chi connectivity index (χ1n) is 25.3. The zero-order chi connectivity index (χ0) is 44.8. The number of allylic oxidation sites excluding steroid dienone is 4. The van der Waals surface area contributed by atoms with Gasteiger partial charge in [0.25, 0.3) is 0 Å². The second kappa shape index (κ2) is 46.4. The third-order valence-electron chi connectivity index (χ3n) is 11.1. The molecule has 0 aromatic heterocycles. The second-order valence-electron chi connectivity index (χ2n) is 17.2. The maximum Gasteiger partial charge on any atom is 0.472 e. The highest BCUT2D eigenvalue weighted by Gasteiger charge is 2.27. The molecule has 1 unspecified atom stereocenters. The highest BCUT2D eigenvalue weighted by atomic mass is 31.2. The van der Waals surface area contributed by atoms with Crippen molar-refractivity contribution in [1.82, 2.24) is 0 Å². The van der Waals surface area contributed by atoms with E-state index in [1.54, 1.807) is 0 Å². The van der Waals surface area contributed by atoms with E-state index in [0.717, 1.165) is 57.8 Å². The molecule has 0 aliphatic rings. The molecular formula is C50H95O10P. The van der Waals surface area contributed by atoms with Crippen LogP contribution in [0.25, 0.3) is 0 Å². The van der Waals surface area contributed by atoms with E-state index in [9.17, 15) is 24.2 Å². The van der Waals surface area contributed by atoms with Crippen LogP contribution in [0.4, 0.5) is 0 Å². The van der Waals surface area contributed by atoms with Gasteiger partial charge in [0.1, 0.15) is 12.7 Å². The molecule has 0 aliphatic carbocycles. The summed E-state index contributed by atoms with van der Waals surface area (Å²) in [5, 5.41) is 18.4. The van der Waals surface area contributed by atoms with Crippen molar-refractivity contribution in [3.8, 4) is 0 Å². The van der Waals surface area contributed by atoms with Crippen LogP contribution in [0.5, 0.6) is 0 Å². The molecule has 3 N–H and O–H groups in total. The molecule has 0 bridgehead atoms. The van der Waals surface area contributed by atoms with Crippen LogP contribution < -0.4 is 0 Å². The van der Waals surface area contributed by atoms with E-state index >= 15 is 0 Å². The molecule has 10 nitrogen and oxygen atoms in total. The highest BCUT2D eigenvalue weighted by molar-refractivity contribution is 7.47. The summed E-state index contributed by atoms with van der Waals surface area (Å²) in [5.74, 6) is -0.928. The lowest BCUT2D eigenvalue weighted by Gasteiger charge is -2.20. The van der Waals surface area contributed by atoms with Crippen LogP contribution in [0.2, 0.25) is 0 Å². The maximum absolute atomic E-state index is 12.7. The predicted molar refractivity (Wildman–Crippen MR) is 252 cm³/mol. The van der Waals surface area contributed by atoms with E-state index < -0.39 is 51.8 Å². The van der Waals surface area contributed by atoms with Crippen LogP contribution in [-0.4, -0.2) is 65.7 Å². The second-order valence-corrected chi connectivity index (χ2v) is 18.7. The van der Waals surface area contributed by atoms with Crippen LogP contribution in [-0.2, 0) is 32.7 Å². The van der Waals surface area contributed by atoms with Gasteiger partial charge in [0.15, 0.2) is 6.10 Å². The molecule has 0 aliphatic heterocycles. The number of aliphatic hydroxyl groups excluding tert-OH is 2. The minimum absolute atomic E-state index is 0.186. The number of hydrogen-bond acceptors (Lipinski definition) is 9. The lowest BCUT2D eigenvalue weighted by atomic mass is 10.0. The Bertz CT molecular complexity index is 1070. The Morgan fingerprint density at radius 3 is 1.30 bits per heavy atom. The largest absolute Gasteiger partial charge is 0.472 e. The van der Waals surface area contributed by atoms with E-state index in [1.807, 2.05) is 0 Å². The van der Waals surface area contributed by atoms with Gasteiger partial charge in [-0.3, -0.25) is 18.6 Å². The third-order valence-corrected chi connectivity index (χ3v) is 12.1. The molecule has 360 valence electrons. The molecule has 0 aromatic carbocycles. The molecule has 11 heteroatoms. The van der Waals surface area contributed by atoms with Gasteiger partial charge in [0, 0.05) is 12.8 Å². The van der Waals surface area contributed by atoms with Gasteiger partial charge in [0.05, 0.1) is 19.8 Å². The first-order chi connectivity index (χ1) is 29.7. The van der Waals surface area contributed by atoms with Gasteiger partial charge in [0.2, 0.25) is 0 Å². The summed E-state index contributed by atoms with van der Waals surface area (Å²) < 4.78 is 32.8. The topological polar surface area (TPSA) is 149 Å². The Hall–Kier alpha value is -1.55. The van der Waals surface area contributed by atoms with Gasteiger partial charge in [-0.1, -0.05) is 212 Å². The molecule has 0 radical (unpaired) electrons. The summed E-state index contributed by atoms with van der Waals surface area (Å²) in [7, 11) is -4.62. The minimum atomic E-state index is -4.62. The quantitative estimate of drug-likeness (QED) is 0.0233. The summed E-state index contributed by atoms with van der Waals surface area (Å²) in [6, 6.07) is 0. The van der Waals surface area contributed by atoms with Crippen molar-refractivity contribution in [1.29, 1.82) is 0 Å². The smallest absolute Gasteiger partial charge is 0.462 e. The number of ether oxygens (including phenoxy) is 2. The summed E-state index contributed by atoms with van der Waals surface area (Å²) in [5.41, 5.74) is 0. The first kappa shape index (κ1) is 59.5. The summed E-state index contributed by atoms with van der Waals surface area (Å²) >= 11 is 0. The number of unbranched alkanes of at least 4 members (excludes halogenated alkanes) is 30. The van der Waals surface area contributed by atoms with Gasteiger partial charge < -0.3 is 24.6 Å². The number of rotatable bonds is 48. The van der Waals surface area contributed by atoms with Crippen LogP contribution >= 0.6 is 7.82 Å². The molecule has 0 rings (SSSR count). The predicted octanol–water partition coefficient (Wildman–Crippen LogP) is 14.1. The Labute approximate surface area is 374 Å². The molecular weight excluding hydrogens is 792 g/mol. The zero-order valence-corrected chi connectivity index (χ0v) is 40.3. The van der Waals surface area contributed by atoms with Gasteiger partial charge in [-0.2, -0.15) is 0 Å². The van der Waals surface area contributed by atoms with Gasteiger partial charge in [-0.15, -0.1) is 0 Å². The maximum atomic E-state index is 12.7.